The molecule has 0 unspecified atom stereocenters. The van der Waals surface area contributed by atoms with Crippen molar-refractivity contribution in [2.75, 3.05) is 23.9 Å². The lowest BCUT2D eigenvalue weighted by Crippen LogP contribution is -2.33. The molecule has 0 aromatic carbocycles. The lowest BCUT2D eigenvalue weighted by atomic mass is 9.82. The maximum absolute atomic E-state index is 9.17. The Bertz CT molecular complexity index is 368. The number of rotatable bonds is 4. The van der Waals surface area contributed by atoms with E-state index in [9.17, 15) is 0 Å². The second kappa shape index (κ2) is 4.88. The predicted molar refractivity (Wildman–Crippen MR) is 65.4 cm³/mol. The van der Waals surface area contributed by atoms with Crippen LogP contribution in [-0.4, -0.2) is 34.0 Å². The topological polar surface area (TPSA) is 84.1 Å². The van der Waals surface area contributed by atoms with Crippen molar-refractivity contribution in [3.63, 3.8) is 0 Å². The number of hydrogen-bond donors (Lipinski definition) is 3. The molecule has 0 spiro atoms. The molecule has 0 bridgehead atoms. The van der Waals surface area contributed by atoms with Crippen molar-refractivity contribution in [2.24, 2.45) is 5.92 Å². The SMILES string of the molecule is CSc1nc(N)cc(NCC2CC(O)C2)n1. The molecule has 2 rings (SSSR count). The smallest absolute Gasteiger partial charge is 0.191 e. The second-order valence-electron chi connectivity index (χ2n) is 4.04. The van der Waals surface area contributed by atoms with Gasteiger partial charge < -0.3 is 16.2 Å². The van der Waals surface area contributed by atoms with Gasteiger partial charge in [0.1, 0.15) is 11.6 Å². The highest BCUT2D eigenvalue weighted by atomic mass is 32.2. The lowest BCUT2D eigenvalue weighted by Gasteiger charge is -2.31. The monoisotopic (exact) mass is 240 g/mol. The van der Waals surface area contributed by atoms with Crippen molar-refractivity contribution in [2.45, 2.75) is 24.1 Å². The van der Waals surface area contributed by atoms with Crippen LogP contribution < -0.4 is 11.1 Å². The highest BCUT2D eigenvalue weighted by molar-refractivity contribution is 7.98. The molecule has 1 saturated carbocycles. The Kier molecular flexibility index (Phi) is 3.50. The number of nitrogens with two attached hydrogens (primary N) is 1. The number of aromatic nitrogens is 2. The molecule has 0 saturated heterocycles. The third-order valence-electron chi connectivity index (χ3n) is 2.69. The van der Waals surface area contributed by atoms with E-state index in [2.05, 4.69) is 15.3 Å². The van der Waals surface area contributed by atoms with Crippen LogP contribution in [0.5, 0.6) is 0 Å². The van der Waals surface area contributed by atoms with Gasteiger partial charge in [0.2, 0.25) is 0 Å². The van der Waals surface area contributed by atoms with Crippen LogP contribution in [0, 0.1) is 5.92 Å². The molecular formula is C10H16N4OS. The summed E-state index contributed by atoms with van der Waals surface area (Å²) in [5, 5.41) is 13.1. The summed E-state index contributed by atoms with van der Waals surface area (Å²) in [6.45, 7) is 0.835. The highest BCUT2D eigenvalue weighted by Gasteiger charge is 2.26. The molecule has 1 aliphatic carbocycles. The van der Waals surface area contributed by atoms with Crippen molar-refractivity contribution >= 4 is 23.4 Å². The van der Waals surface area contributed by atoms with Gasteiger partial charge in [-0.25, -0.2) is 9.97 Å². The molecular weight excluding hydrogens is 224 g/mol. The van der Waals surface area contributed by atoms with E-state index in [1.165, 1.54) is 11.8 Å². The summed E-state index contributed by atoms with van der Waals surface area (Å²) in [5.41, 5.74) is 5.67. The fourth-order valence-electron chi connectivity index (χ4n) is 1.74. The molecule has 4 N–H and O–H groups in total. The van der Waals surface area contributed by atoms with Crippen molar-refractivity contribution in [1.29, 1.82) is 0 Å². The fourth-order valence-corrected chi connectivity index (χ4v) is 2.13. The zero-order chi connectivity index (χ0) is 11.5. The molecule has 1 aromatic rings. The predicted octanol–water partition coefficient (Wildman–Crippen LogP) is 0.964. The Labute approximate surface area is 98.9 Å². The van der Waals surface area contributed by atoms with Crippen molar-refractivity contribution in [1.82, 2.24) is 9.97 Å². The molecule has 0 atom stereocenters. The lowest BCUT2D eigenvalue weighted by molar-refractivity contribution is 0.0486. The van der Waals surface area contributed by atoms with E-state index in [1.807, 2.05) is 6.26 Å². The van der Waals surface area contributed by atoms with Gasteiger partial charge in [-0.05, 0) is 25.0 Å². The molecule has 16 heavy (non-hydrogen) atoms. The van der Waals surface area contributed by atoms with Crippen LogP contribution in [-0.2, 0) is 0 Å². The van der Waals surface area contributed by atoms with Crippen LogP contribution in [0.1, 0.15) is 12.8 Å². The third kappa shape index (κ3) is 2.76. The van der Waals surface area contributed by atoms with Crippen LogP contribution in [0.2, 0.25) is 0 Å². The van der Waals surface area contributed by atoms with Crippen LogP contribution in [0.4, 0.5) is 11.6 Å². The fraction of sp³-hybridized carbons (Fsp3) is 0.600. The van der Waals surface area contributed by atoms with E-state index >= 15 is 0 Å². The van der Waals surface area contributed by atoms with Crippen LogP contribution in [0.25, 0.3) is 0 Å². The molecule has 0 amide bonds. The molecule has 5 nitrogen and oxygen atoms in total. The first-order valence-corrected chi connectivity index (χ1v) is 6.50. The minimum absolute atomic E-state index is 0.107. The standard InChI is InChI=1S/C10H16N4OS/c1-16-10-13-8(11)4-9(14-10)12-5-6-2-7(15)3-6/h4,6-7,15H,2-3,5H2,1H3,(H3,11,12,13,14). The number of aliphatic hydroxyl groups excluding tert-OH is 1. The van der Waals surface area contributed by atoms with Gasteiger partial charge in [0, 0.05) is 12.6 Å². The first kappa shape index (κ1) is 11.5. The first-order chi connectivity index (χ1) is 7.67. The quantitative estimate of drug-likeness (QED) is 0.537. The molecule has 1 aliphatic rings. The van der Waals surface area contributed by atoms with Gasteiger partial charge in [0.15, 0.2) is 5.16 Å². The maximum Gasteiger partial charge on any atom is 0.191 e. The molecule has 0 aliphatic heterocycles. The number of hydrogen-bond acceptors (Lipinski definition) is 6. The summed E-state index contributed by atoms with van der Waals surface area (Å²) >= 11 is 1.47. The van der Waals surface area contributed by atoms with Crippen LogP contribution in [0.15, 0.2) is 11.2 Å². The molecule has 88 valence electrons. The van der Waals surface area contributed by atoms with Crippen LogP contribution in [0.3, 0.4) is 0 Å². The van der Waals surface area contributed by atoms with Crippen LogP contribution >= 0.6 is 11.8 Å². The van der Waals surface area contributed by atoms with Gasteiger partial charge in [-0.15, -0.1) is 0 Å². The minimum Gasteiger partial charge on any atom is -0.393 e. The maximum atomic E-state index is 9.17. The molecule has 0 radical (unpaired) electrons. The van der Waals surface area contributed by atoms with Gasteiger partial charge in [0.05, 0.1) is 6.10 Å². The van der Waals surface area contributed by atoms with Gasteiger partial charge in [0.25, 0.3) is 0 Å². The zero-order valence-corrected chi connectivity index (χ0v) is 10.00. The zero-order valence-electron chi connectivity index (χ0n) is 9.18. The Morgan fingerprint density at radius 2 is 2.31 bits per heavy atom. The molecule has 6 heteroatoms. The normalized spacial score (nSPS) is 23.9. The number of nitrogens with zero attached hydrogens (tertiary/aromatic N) is 2. The molecule has 1 aromatic heterocycles. The van der Waals surface area contributed by atoms with Gasteiger partial charge in [-0.2, -0.15) is 0 Å². The van der Waals surface area contributed by atoms with Crippen molar-refractivity contribution in [3.05, 3.63) is 6.07 Å². The number of nitrogen functional groups attached to an aromatic ring is 1. The third-order valence-corrected chi connectivity index (χ3v) is 3.24. The van der Waals surface area contributed by atoms with E-state index in [-0.39, 0.29) is 6.10 Å². The Morgan fingerprint density at radius 3 is 2.94 bits per heavy atom. The number of aliphatic hydroxyl groups is 1. The Hall–Kier alpha value is -1.01. The first-order valence-electron chi connectivity index (χ1n) is 5.28. The van der Waals surface area contributed by atoms with Gasteiger partial charge >= 0.3 is 0 Å². The summed E-state index contributed by atoms with van der Waals surface area (Å²) in [6, 6.07) is 1.73. The Morgan fingerprint density at radius 1 is 1.56 bits per heavy atom. The summed E-state index contributed by atoms with van der Waals surface area (Å²) in [5.74, 6) is 1.79. The summed E-state index contributed by atoms with van der Waals surface area (Å²) < 4.78 is 0. The highest BCUT2D eigenvalue weighted by Crippen LogP contribution is 2.27. The van der Waals surface area contributed by atoms with Gasteiger partial charge in [-0.3, -0.25) is 0 Å². The number of anilines is 2. The number of nitrogens with one attached hydrogen (secondary N) is 1. The average Bonchev–Trinajstić information content (AvgIpc) is 2.22. The van der Waals surface area contributed by atoms with E-state index < -0.39 is 0 Å². The molecule has 1 heterocycles. The van der Waals surface area contributed by atoms with Gasteiger partial charge in [-0.1, -0.05) is 11.8 Å². The van der Waals surface area contributed by atoms with E-state index in [0.29, 0.717) is 16.9 Å². The minimum atomic E-state index is -0.107. The number of thioether (sulfide) groups is 1. The summed E-state index contributed by atoms with van der Waals surface area (Å²) in [7, 11) is 0. The van der Waals surface area contributed by atoms with Crippen molar-refractivity contribution < 1.29 is 5.11 Å². The summed E-state index contributed by atoms with van der Waals surface area (Å²) in [6.07, 6.45) is 3.57. The van der Waals surface area contributed by atoms with E-state index in [0.717, 1.165) is 25.2 Å². The summed E-state index contributed by atoms with van der Waals surface area (Å²) in [4.78, 5) is 8.37. The largest absolute Gasteiger partial charge is 0.393 e. The molecule has 1 fully saturated rings. The second-order valence-corrected chi connectivity index (χ2v) is 4.81. The van der Waals surface area contributed by atoms with E-state index in [1.54, 1.807) is 6.07 Å². The van der Waals surface area contributed by atoms with E-state index in [4.69, 9.17) is 10.8 Å². The van der Waals surface area contributed by atoms with Crippen molar-refractivity contribution in [3.8, 4) is 0 Å². The average molecular weight is 240 g/mol. The Balaban J connectivity index is 1.90.